The monoisotopic (exact) mass is 108 g/mol. The molecule has 0 amide bonds. The van der Waals surface area contributed by atoms with Crippen molar-refractivity contribution in [3.8, 4) is 0 Å². The summed E-state index contributed by atoms with van der Waals surface area (Å²) in [6, 6.07) is 0. The average molecular weight is 108 g/mol. The van der Waals surface area contributed by atoms with E-state index >= 15 is 0 Å². The van der Waals surface area contributed by atoms with E-state index in [1.807, 2.05) is 0 Å². The first-order valence-electron chi connectivity index (χ1n) is 3.20. The summed E-state index contributed by atoms with van der Waals surface area (Å²) in [6.45, 7) is -2.65. The minimum atomic E-state index is -2.54. The lowest BCUT2D eigenvalue weighted by atomic mass is 10.6. The summed E-state index contributed by atoms with van der Waals surface area (Å²) in [6.07, 6.45) is 0. The molecular formula is C5H13FN+. The van der Waals surface area contributed by atoms with Gasteiger partial charge in [0.25, 0.3) is 0 Å². The van der Waals surface area contributed by atoms with Crippen molar-refractivity contribution >= 4 is 0 Å². The molecule has 0 bridgehead atoms. The van der Waals surface area contributed by atoms with Gasteiger partial charge in [-0.1, -0.05) is 0 Å². The van der Waals surface area contributed by atoms with E-state index in [1.165, 1.54) is 0 Å². The van der Waals surface area contributed by atoms with Crippen LogP contribution in [0.2, 0.25) is 0 Å². The molecule has 0 atom stereocenters. The SMILES string of the molecule is [2H]C([2H])(F)C[N+](C)(C)C. The molecule has 0 aromatic heterocycles. The second kappa shape index (κ2) is 2.26. The molecule has 7 heavy (non-hydrogen) atoms. The van der Waals surface area contributed by atoms with Gasteiger partial charge < -0.3 is 4.48 Å². The summed E-state index contributed by atoms with van der Waals surface area (Å²) < 4.78 is 25.7. The number of nitrogens with zero attached hydrogens (tertiary/aromatic N) is 1. The van der Waals surface area contributed by atoms with Crippen molar-refractivity contribution in [2.75, 3.05) is 34.3 Å². The summed E-state index contributed by atoms with van der Waals surface area (Å²) >= 11 is 0. The highest BCUT2D eigenvalue weighted by Crippen LogP contribution is 1.86. The van der Waals surface area contributed by atoms with Gasteiger partial charge in [0.15, 0.2) is 0 Å². The van der Waals surface area contributed by atoms with Gasteiger partial charge in [0.05, 0.1) is 23.9 Å². The van der Waals surface area contributed by atoms with Gasteiger partial charge in [-0.2, -0.15) is 0 Å². The van der Waals surface area contributed by atoms with Crippen molar-refractivity contribution in [2.24, 2.45) is 0 Å². The number of quaternary nitrogens is 1. The van der Waals surface area contributed by atoms with E-state index < -0.39 is 6.63 Å². The average Bonchev–Trinajstić information content (AvgIpc) is 1.14. The first-order chi connectivity index (χ1) is 3.71. The molecule has 0 unspecified atom stereocenters. The van der Waals surface area contributed by atoms with Crippen molar-refractivity contribution in [3.63, 3.8) is 0 Å². The molecule has 1 nitrogen and oxygen atoms in total. The largest absolute Gasteiger partial charge is 0.329 e. The first kappa shape index (κ1) is 3.84. The Morgan fingerprint density at radius 3 is 2.00 bits per heavy atom. The smallest absolute Gasteiger partial charge is 0.138 e. The van der Waals surface area contributed by atoms with Crippen LogP contribution in [0.3, 0.4) is 0 Å². The van der Waals surface area contributed by atoms with Gasteiger partial charge in [-0.25, -0.2) is 4.39 Å². The van der Waals surface area contributed by atoms with Crippen molar-refractivity contribution in [2.45, 2.75) is 0 Å². The van der Waals surface area contributed by atoms with Gasteiger partial charge in [-0.15, -0.1) is 0 Å². The molecule has 0 N–H and O–H groups in total. The van der Waals surface area contributed by atoms with Gasteiger partial charge >= 0.3 is 0 Å². The number of alkyl halides is 1. The topological polar surface area (TPSA) is 0 Å². The van der Waals surface area contributed by atoms with E-state index in [1.54, 1.807) is 21.1 Å². The van der Waals surface area contributed by atoms with Crippen LogP contribution in [0, 0.1) is 0 Å². The Balaban J connectivity index is 3.75. The predicted molar refractivity (Wildman–Crippen MR) is 28.9 cm³/mol. The summed E-state index contributed by atoms with van der Waals surface area (Å²) in [5.74, 6) is 0. The molecule has 44 valence electrons. The normalized spacial score (nSPS) is 18.3. The minimum Gasteiger partial charge on any atom is -0.329 e. The summed E-state index contributed by atoms with van der Waals surface area (Å²) in [5, 5.41) is 0. The predicted octanol–water partition coefficient (Wildman–Crippen LogP) is 0.662. The van der Waals surface area contributed by atoms with Crippen LogP contribution in [-0.4, -0.2) is 38.8 Å². The van der Waals surface area contributed by atoms with Gasteiger partial charge in [0.1, 0.15) is 13.2 Å². The third kappa shape index (κ3) is 5.89. The molecule has 0 saturated heterocycles. The van der Waals surface area contributed by atoms with Crippen LogP contribution in [0.15, 0.2) is 0 Å². The second-order valence-corrected chi connectivity index (χ2v) is 2.58. The standard InChI is InChI=1S/C5H13FN/c1-7(2,3)5-4-6/h4-5H2,1-3H3/q+1/i4D2. The molecule has 0 fully saturated rings. The molecule has 0 aromatic rings. The number of hydrogen-bond donors (Lipinski definition) is 0. The maximum Gasteiger partial charge on any atom is 0.138 e. The van der Waals surface area contributed by atoms with E-state index in [0.29, 0.717) is 4.48 Å². The second-order valence-electron chi connectivity index (χ2n) is 2.58. The Morgan fingerprint density at radius 2 is 2.00 bits per heavy atom. The fourth-order valence-electron chi connectivity index (χ4n) is 0.179. The lowest BCUT2D eigenvalue weighted by molar-refractivity contribution is -0.870. The molecule has 0 aliphatic carbocycles. The summed E-state index contributed by atoms with van der Waals surface area (Å²) in [7, 11) is 5.24. The van der Waals surface area contributed by atoms with E-state index in [4.69, 9.17) is 2.74 Å². The lowest BCUT2D eigenvalue weighted by Gasteiger charge is -2.21. The van der Waals surface area contributed by atoms with E-state index in [2.05, 4.69) is 0 Å². The zero-order valence-electron chi connectivity index (χ0n) is 7.03. The number of hydrogen-bond acceptors (Lipinski definition) is 0. The maximum atomic E-state index is 12.2. The van der Waals surface area contributed by atoms with Crippen LogP contribution in [-0.2, 0) is 0 Å². The summed E-state index contributed by atoms with van der Waals surface area (Å²) in [4.78, 5) is 0. The van der Waals surface area contributed by atoms with Crippen LogP contribution < -0.4 is 0 Å². The van der Waals surface area contributed by atoms with Gasteiger partial charge in [-0.05, 0) is 0 Å². The third-order valence-corrected chi connectivity index (χ3v) is 0.534. The molecule has 0 aromatic carbocycles. The molecule has 0 rings (SSSR count). The first-order valence-corrected chi connectivity index (χ1v) is 2.20. The summed E-state index contributed by atoms with van der Waals surface area (Å²) in [5.41, 5.74) is 0. The lowest BCUT2D eigenvalue weighted by Crippen LogP contribution is -2.36. The van der Waals surface area contributed by atoms with Gasteiger partial charge in [0.2, 0.25) is 0 Å². The molecule has 0 aliphatic heterocycles. The Labute approximate surface area is 47.1 Å². The van der Waals surface area contributed by atoms with Crippen molar-refractivity contribution in [3.05, 3.63) is 0 Å². The van der Waals surface area contributed by atoms with Gasteiger partial charge in [0, 0.05) is 0 Å². The molecule has 0 radical (unpaired) electrons. The van der Waals surface area contributed by atoms with Crippen molar-refractivity contribution in [1.82, 2.24) is 0 Å². The van der Waals surface area contributed by atoms with E-state index in [-0.39, 0.29) is 6.54 Å². The number of rotatable bonds is 2. The fraction of sp³-hybridized carbons (Fsp3) is 1.00. The fourth-order valence-corrected chi connectivity index (χ4v) is 0.179. The Kier molecular flexibility index (Phi) is 1.24. The molecule has 0 spiro atoms. The van der Waals surface area contributed by atoms with Crippen LogP contribution in [0.5, 0.6) is 0 Å². The van der Waals surface area contributed by atoms with Crippen LogP contribution in [0.4, 0.5) is 4.39 Å². The van der Waals surface area contributed by atoms with Gasteiger partial charge in [-0.3, -0.25) is 0 Å². The molecule has 0 aliphatic rings. The Bertz CT molecular complexity index is 80.1. The molecular weight excluding hydrogens is 93.1 g/mol. The van der Waals surface area contributed by atoms with Crippen LogP contribution in [0.25, 0.3) is 0 Å². The van der Waals surface area contributed by atoms with E-state index in [9.17, 15) is 4.39 Å². The van der Waals surface area contributed by atoms with Crippen molar-refractivity contribution in [1.29, 1.82) is 0 Å². The van der Waals surface area contributed by atoms with Crippen LogP contribution in [0.1, 0.15) is 2.74 Å². The zero-order chi connectivity index (χ0) is 7.71. The molecule has 0 saturated carbocycles. The third-order valence-electron chi connectivity index (χ3n) is 0.534. The van der Waals surface area contributed by atoms with Crippen molar-refractivity contribution < 1.29 is 11.6 Å². The van der Waals surface area contributed by atoms with E-state index in [0.717, 1.165) is 0 Å². The quantitative estimate of drug-likeness (QED) is 0.456. The Morgan fingerprint density at radius 1 is 1.57 bits per heavy atom. The highest BCUT2D eigenvalue weighted by molar-refractivity contribution is 4.19. The van der Waals surface area contributed by atoms with Crippen LogP contribution >= 0.6 is 0 Å². The highest BCUT2D eigenvalue weighted by Gasteiger charge is 2.03. The molecule has 0 heterocycles. The number of halogens is 1. The maximum absolute atomic E-state index is 12.2. The Hall–Kier alpha value is -0.110. The minimum absolute atomic E-state index is 0.104. The molecule has 2 heteroatoms. The highest BCUT2D eigenvalue weighted by atomic mass is 19.1. The zero-order valence-corrected chi connectivity index (χ0v) is 5.03.